The Balaban J connectivity index is 1.38. The SMILES string of the molecule is Nc1cccc(Oc2ccc(C3(c4ccc(Oc5cccc(N)c5)cc4)c4cc(N)ccc4-c4ccc(N)cc43)cc2)c1. The predicted octanol–water partition coefficient (Wildman–Crippen LogP) is 7.96. The van der Waals surface area contributed by atoms with Crippen LogP contribution in [0.4, 0.5) is 22.7 Å². The minimum absolute atomic E-state index is 0.644. The highest BCUT2D eigenvalue weighted by molar-refractivity contribution is 5.88. The molecule has 1 aliphatic carbocycles. The van der Waals surface area contributed by atoms with Crippen molar-refractivity contribution in [3.63, 3.8) is 0 Å². The zero-order chi connectivity index (χ0) is 29.6. The lowest BCUT2D eigenvalue weighted by Gasteiger charge is -2.34. The number of fused-ring (bicyclic) bond motifs is 3. The van der Waals surface area contributed by atoms with Crippen LogP contribution in [0.25, 0.3) is 11.1 Å². The van der Waals surface area contributed by atoms with Gasteiger partial charge in [0.2, 0.25) is 0 Å². The molecule has 0 amide bonds. The van der Waals surface area contributed by atoms with Gasteiger partial charge in [0.05, 0.1) is 5.41 Å². The molecule has 7 rings (SSSR count). The second-order valence-electron chi connectivity index (χ2n) is 10.8. The summed E-state index contributed by atoms with van der Waals surface area (Å²) in [5.41, 5.74) is 33.3. The summed E-state index contributed by atoms with van der Waals surface area (Å²) in [7, 11) is 0. The summed E-state index contributed by atoms with van der Waals surface area (Å²) in [6, 6.07) is 43.3. The minimum Gasteiger partial charge on any atom is -0.457 e. The predicted molar refractivity (Wildman–Crippen MR) is 174 cm³/mol. The molecule has 0 saturated heterocycles. The van der Waals surface area contributed by atoms with Gasteiger partial charge in [-0.3, -0.25) is 0 Å². The van der Waals surface area contributed by atoms with E-state index in [0.29, 0.717) is 45.7 Å². The van der Waals surface area contributed by atoms with E-state index >= 15 is 0 Å². The van der Waals surface area contributed by atoms with E-state index < -0.39 is 5.41 Å². The standard InChI is InChI=1S/C37H30N4O2/c38-25-3-1-5-31(19-25)42-29-13-7-23(8-14-29)37(24-9-15-30(16-10-24)43-32-6-2-4-26(39)20-32)35-21-27(40)11-17-33(35)34-18-12-28(41)22-36(34)37/h1-22H,38-41H2. The van der Waals surface area contributed by atoms with Gasteiger partial charge in [-0.15, -0.1) is 0 Å². The van der Waals surface area contributed by atoms with Gasteiger partial charge >= 0.3 is 0 Å². The van der Waals surface area contributed by atoms with Gasteiger partial charge in [0.15, 0.2) is 0 Å². The van der Waals surface area contributed by atoms with Gasteiger partial charge in [0.1, 0.15) is 23.0 Å². The normalized spacial score (nSPS) is 12.7. The molecule has 6 nitrogen and oxygen atoms in total. The van der Waals surface area contributed by atoms with E-state index in [-0.39, 0.29) is 0 Å². The van der Waals surface area contributed by atoms with Crippen molar-refractivity contribution in [1.82, 2.24) is 0 Å². The first-order valence-electron chi connectivity index (χ1n) is 14.0. The molecule has 6 heteroatoms. The number of benzene rings is 6. The zero-order valence-corrected chi connectivity index (χ0v) is 23.3. The molecule has 6 aromatic rings. The Morgan fingerprint density at radius 3 is 1.16 bits per heavy atom. The maximum atomic E-state index is 6.43. The van der Waals surface area contributed by atoms with E-state index in [4.69, 9.17) is 32.4 Å². The van der Waals surface area contributed by atoms with Crippen LogP contribution in [0.5, 0.6) is 23.0 Å². The van der Waals surface area contributed by atoms with Crippen molar-refractivity contribution in [3.8, 4) is 34.1 Å². The van der Waals surface area contributed by atoms with E-state index in [2.05, 4.69) is 48.5 Å². The molecule has 0 spiro atoms. The van der Waals surface area contributed by atoms with Crippen molar-refractivity contribution in [3.05, 3.63) is 156 Å². The van der Waals surface area contributed by atoms with Gasteiger partial charge < -0.3 is 32.4 Å². The lowest BCUT2D eigenvalue weighted by molar-refractivity contribution is 0.482. The fraction of sp³-hybridized carbons (Fsp3) is 0.0270. The summed E-state index contributed by atoms with van der Waals surface area (Å²) in [5, 5.41) is 0. The second-order valence-corrected chi connectivity index (χ2v) is 10.8. The van der Waals surface area contributed by atoms with Crippen molar-refractivity contribution in [1.29, 1.82) is 0 Å². The van der Waals surface area contributed by atoms with Crippen LogP contribution >= 0.6 is 0 Å². The molecule has 0 aliphatic heterocycles. The quantitative estimate of drug-likeness (QED) is 0.153. The summed E-state index contributed by atoms with van der Waals surface area (Å²) in [6.07, 6.45) is 0. The fourth-order valence-electron chi connectivity index (χ4n) is 6.12. The molecule has 0 radical (unpaired) electrons. The number of anilines is 4. The van der Waals surface area contributed by atoms with Crippen LogP contribution < -0.4 is 32.4 Å². The molecule has 6 aromatic carbocycles. The Kier molecular flexibility index (Phi) is 6.17. The van der Waals surface area contributed by atoms with E-state index in [0.717, 1.165) is 33.4 Å². The van der Waals surface area contributed by atoms with Crippen molar-refractivity contribution >= 4 is 22.7 Å². The molecule has 0 saturated carbocycles. The zero-order valence-electron chi connectivity index (χ0n) is 23.3. The monoisotopic (exact) mass is 562 g/mol. The Bertz CT molecular complexity index is 1820. The van der Waals surface area contributed by atoms with Crippen LogP contribution in [0, 0.1) is 0 Å². The maximum absolute atomic E-state index is 6.43. The van der Waals surface area contributed by atoms with Crippen LogP contribution in [0.15, 0.2) is 133 Å². The molecule has 210 valence electrons. The molecule has 0 fully saturated rings. The molecule has 0 heterocycles. The van der Waals surface area contributed by atoms with E-state index in [1.165, 1.54) is 0 Å². The first kappa shape index (κ1) is 26.0. The molecule has 0 bridgehead atoms. The van der Waals surface area contributed by atoms with Crippen LogP contribution in [0.2, 0.25) is 0 Å². The molecular weight excluding hydrogens is 532 g/mol. The van der Waals surface area contributed by atoms with Crippen LogP contribution in [-0.4, -0.2) is 0 Å². The Labute approximate surface area is 250 Å². The third-order valence-electron chi connectivity index (χ3n) is 7.95. The molecule has 1 aliphatic rings. The number of rotatable bonds is 6. The van der Waals surface area contributed by atoms with Crippen LogP contribution in [0.1, 0.15) is 22.3 Å². The summed E-state index contributed by atoms with van der Waals surface area (Å²) in [5.74, 6) is 2.76. The van der Waals surface area contributed by atoms with Gasteiger partial charge in [-0.25, -0.2) is 0 Å². The molecule has 43 heavy (non-hydrogen) atoms. The lowest BCUT2D eigenvalue weighted by atomic mass is 9.67. The summed E-state index contributed by atoms with van der Waals surface area (Å²) < 4.78 is 12.3. The third kappa shape index (κ3) is 4.55. The summed E-state index contributed by atoms with van der Waals surface area (Å²) in [6.45, 7) is 0. The first-order chi connectivity index (χ1) is 20.9. The highest BCUT2D eigenvalue weighted by Crippen LogP contribution is 2.57. The maximum Gasteiger partial charge on any atom is 0.129 e. The summed E-state index contributed by atoms with van der Waals surface area (Å²) >= 11 is 0. The highest BCUT2D eigenvalue weighted by Gasteiger charge is 2.46. The minimum atomic E-state index is -0.694. The van der Waals surface area contributed by atoms with E-state index in [1.54, 1.807) is 12.1 Å². The summed E-state index contributed by atoms with van der Waals surface area (Å²) in [4.78, 5) is 0. The van der Waals surface area contributed by atoms with Crippen molar-refractivity contribution in [2.24, 2.45) is 0 Å². The molecule has 0 aromatic heterocycles. The Hall–Kier alpha value is -5.88. The van der Waals surface area contributed by atoms with Gasteiger partial charge in [-0.2, -0.15) is 0 Å². The Morgan fingerprint density at radius 2 is 0.767 bits per heavy atom. The fourth-order valence-corrected chi connectivity index (χ4v) is 6.12. The lowest BCUT2D eigenvalue weighted by Crippen LogP contribution is -2.28. The van der Waals surface area contributed by atoms with Crippen LogP contribution in [0.3, 0.4) is 0 Å². The first-order valence-corrected chi connectivity index (χ1v) is 14.0. The average Bonchev–Trinajstić information content (AvgIpc) is 3.27. The van der Waals surface area contributed by atoms with Crippen LogP contribution in [-0.2, 0) is 5.41 Å². The average molecular weight is 563 g/mol. The van der Waals surface area contributed by atoms with Gasteiger partial charge in [-0.1, -0.05) is 48.5 Å². The Morgan fingerprint density at radius 1 is 0.372 bits per heavy atom. The largest absolute Gasteiger partial charge is 0.457 e. The van der Waals surface area contributed by atoms with Gasteiger partial charge in [0.25, 0.3) is 0 Å². The smallest absolute Gasteiger partial charge is 0.129 e. The molecular formula is C37H30N4O2. The molecule has 0 atom stereocenters. The molecule has 0 unspecified atom stereocenters. The van der Waals surface area contributed by atoms with Crippen molar-refractivity contribution in [2.45, 2.75) is 5.41 Å². The van der Waals surface area contributed by atoms with Gasteiger partial charge in [0, 0.05) is 34.9 Å². The number of nitrogen functional groups attached to an aromatic ring is 4. The number of hydrogen-bond acceptors (Lipinski definition) is 6. The van der Waals surface area contributed by atoms with E-state index in [9.17, 15) is 0 Å². The number of ether oxygens (including phenoxy) is 2. The van der Waals surface area contributed by atoms with Crippen molar-refractivity contribution in [2.75, 3.05) is 22.9 Å². The topological polar surface area (TPSA) is 123 Å². The number of nitrogens with two attached hydrogens (primary N) is 4. The third-order valence-corrected chi connectivity index (χ3v) is 7.95. The second kappa shape index (κ2) is 10.2. The number of hydrogen-bond donors (Lipinski definition) is 4. The van der Waals surface area contributed by atoms with Crippen molar-refractivity contribution < 1.29 is 9.47 Å². The molecule has 8 N–H and O–H groups in total. The van der Waals surface area contributed by atoms with Gasteiger partial charge in [-0.05, 0) is 106 Å². The highest BCUT2D eigenvalue weighted by atomic mass is 16.5. The van der Waals surface area contributed by atoms with E-state index in [1.807, 2.05) is 72.8 Å².